The molecule has 0 bridgehead atoms. The summed E-state index contributed by atoms with van der Waals surface area (Å²) >= 11 is 0. The molecule has 0 atom stereocenters. The number of hydrogen-bond acceptors (Lipinski definition) is 1. The smallest absolute Gasteiger partial charge is 0.0921 e. The van der Waals surface area contributed by atoms with Crippen LogP contribution in [0.3, 0.4) is 0 Å². The predicted octanol–water partition coefficient (Wildman–Crippen LogP) is 36.5. The molecule has 125 heavy (non-hydrogen) atoms. The van der Waals surface area contributed by atoms with Crippen molar-refractivity contribution in [3.63, 3.8) is 0 Å². The van der Waals surface area contributed by atoms with Crippen molar-refractivity contribution in [2.24, 2.45) is 54.7 Å². The van der Waals surface area contributed by atoms with Gasteiger partial charge in [0.2, 0.25) is 0 Å². The lowest BCUT2D eigenvalue weighted by Crippen LogP contribution is -2.15. The number of para-hydroxylation sites is 1. The highest BCUT2D eigenvalue weighted by atomic mass is 14.9. The minimum absolute atomic E-state index is 0.351. The number of aromatic amines is 2. The Hall–Kier alpha value is -9.31. The van der Waals surface area contributed by atoms with Crippen molar-refractivity contribution in [1.29, 1.82) is 0 Å². The maximum absolute atomic E-state index is 3.95. The zero-order chi connectivity index (χ0) is 92.1. The van der Waals surface area contributed by atoms with Gasteiger partial charge in [0.15, 0.2) is 0 Å². The van der Waals surface area contributed by atoms with E-state index in [1.54, 1.807) is 6.33 Å². The minimum Gasteiger partial charge on any atom is -0.361 e. The first kappa shape index (κ1) is 104. The topological polar surface area (TPSA) is 44.5 Å². The predicted molar refractivity (Wildman–Crippen MR) is 556 cm³/mol. The quantitative estimate of drug-likeness (QED) is 0.112. The number of benzene rings is 11. The second-order valence-corrected chi connectivity index (χ2v) is 46.5. The summed E-state index contributed by atoms with van der Waals surface area (Å²) in [6.45, 7) is 63.8. The highest BCUT2D eigenvalue weighted by Crippen LogP contribution is 2.36. The third-order valence-electron chi connectivity index (χ3n) is 21.8. The van der Waals surface area contributed by atoms with Gasteiger partial charge in [0, 0.05) is 29.0 Å². The molecular formula is C122H169N3. The lowest BCUT2D eigenvalue weighted by molar-refractivity contribution is 0.240. The Morgan fingerprint density at radius 3 is 1.11 bits per heavy atom. The number of aromatic nitrogens is 3. The molecule has 0 aliphatic heterocycles. The molecule has 1 aliphatic carbocycles. The molecule has 2 aromatic heterocycles. The highest BCUT2D eigenvalue weighted by Gasteiger charge is 2.22. The summed E-state index contributed by atoms with van der Waals surface area (Å²) < 4.78 is 0. The van der Waals surface area contributed by atoms with E-state index in [2.05, 4.69) is 488 Å². The van der Waals surface area contributed by atoms with E-state index in [0.29, 0.717) is 48.7 Å². The summed E-state index contributed by atoms with van der Waals surface area (Å²) in [5, 5.41) is 6.78. The van der Waals surface area contributed by atoms with E-state index in [1.807, 2.05) is 6.20 Å². The summed E-state index contributed by atoms with van der Waals surface area (Å²) in [5.41, 5.74) is 22.7. The molecule has 3 nitrogen and oxygen atoms in total. The standard InChI is InChI=1S/C18H22.C17H20.2C15H18.C13H17N.C13H20.C12H18.C11H22.C8H14N2/c1-18(2,3)14-13-15-9-11-17(12-10-15)16-7-5-4-6-8-16;1-17(2,3)13-14-9-11-16(12-10-14)15-7-5-4-6-8-15;1-15(2,3)11-13-9-6-8-12-7-4-5-10-14(12)13;1-15(2,3)11-12-8-9-13-6-4-5-7-14(13)10-12;1-13(2,3)8-10-9-14-12-7-5-4-6-11(10)12;1-11-5-7-12(8-6-11)9-10-13(2,3)4;1-12(2,3)10-9-11-7-5-4-6-8-11;1-11(2,3)9-10-7-5-4-6-8-10;1-8(2,3)4-7-5-9-6-10-7/h4-12H,13-14H2,1-3H3;4-12H,13H2,1-3H3;2*4-10H,11H2,1-3H3;4-7,9,14H,8H2,1-3H3;5-8H,9-10H2,1-4H3;4-8H,9-10H2,1-3H3;10H,4-9H2,1-3H3;5-6H,4H2,1-3H3,(H,9,10). The zero-order valence-corrected chi connectivity index (χ0v) is 83.8. The van der Waals surface area contributed by atoms with Crippen molar-refractivity contribution in [3.8, 4) is 22.3 Å². The van der Waals surface area contributed by atoms with Gasteiger partial charge in [0.05, 0.1) is 6.33 Å². The molecule has 3 heteroatoms. The Balaban J connectivity index is 0.000000218. The van der Waals surface area contributed by atoms with E-state index in [-0.39, 0.29) is 0 Å². The summed E-state index contributed by atoms with van der Waals surface area (Å²) in [4.78, 5) is 10.3. The average molecular weight is 1680 g/mol. The fourth-order valence-corrected chi connectivity index (χ4v) is 15.5. The molecule has 1 aliphatic rings. The zero-order valence-electron chi connectivity index (χ0n) is 83.8. The fourth-order valence-electron chi connectivity index (χ4n) is 15.5. The van der Waals surface area contributed by atoms with Crippen LogP contribution in [0.1, 0.15) is 295 Å². The Kier molecular flexibility index (Phi) is 41.5. The third kappa shape index (κ3) is 46.7. The van der Waals surface area contributed by atoms with Gasteiger partial charge in [-0.3, -0.25) is 0 Å². The van der Waals surface area contributed by atoms with Crippen LogP contribution in [0.5, 0.6) is 0 Å². The molecule has 11 aromatic carbocycles. The lowest BCUT2D eigenvalue weighted by Gasteiger charge is -2.28. The molecule has 2 heterocycles. The molecule has 1 fully saturated rings. The van der Waals surface area contributed by atoms with Crippen LogP contribution in [0.25, 0.3) is 54.7 Å². The highest BCUT2D eigenvalue weighted by molar-refractivity contribution is 5.86. The number of nitrogens with one attached hydrogen (secondary N) is 2. The van der Waals surface area contributed by atoms with Crippen LogP contribution in [0.4, 0.5) is 0 Å². The average Bonchev–Trinajstić information content (AvgIpc) is 1.68. The monoisotopic (exact) mass is 1680 g/mol. The molecule has 0 saturated heterocycles. The normalized spacial score (nSPS) is 12.7. The first-order valence-electron chi connectivity index (χ1n) is 47.3. The van der Waals surface area contributed by atoms with E-state index in [9.17, 15) is 0 Å². The fraction of sp³-hybridized carbons (Fsp3) is 0.451. The number of hydrogen-bond donors (Lipinski definition) is 2. The molecule has 2 N–H and O–H groups in total. The second-order valence-electron chi connectivity index (χ2n) is 46.5. The maximum atomic E-state index is 3.95. The number of rotatable bonds is 14. The Morgan fingerprint density at radius 2 is 0.656 bits per heavy atom. The number of aryl methyl sites for hydroxylation is 4. The molecule has 14 rings (SSSR count). The van der Waals surface area contributed by atoms with Gasteiger partial charge >= 0.3 is 0 Å². The van der Waals surface area contributed by atoms with Gasteiger partial charge < -0.3 is 9.97 Å². The Labute approximate surface area is 764 Å². The van der Waals surface area contributed by atoms with Crippen LogP contribution >= 0.6 is 0 Å². The second kappa shape index (κ2) is 49.7. The van der Waals surface area contributed by atoms with Gasteiger partial charge in [-0.05, 0) is 227 Å². The molecule has 1 saturated carbocycles. The van der Waals surface area contributed by atoms with E-state index >= 15 is 0 Å². The van der Waals surface area contributed by atoms with Gasteiger partial charge in [-0.15, -0.1) is 0 Å². The van der Waals surface area contributed by atoms with Gasteiger partial charge in [0.1, 0.15) is 0 Å². The molecule has 0 radical (unpaired) electrons. The molecule has 672 valence electrons. The van der Waals surface area contributed by atoms with Crippen LogP contribution in [0, 0.1) is 61.6 Å². The lowest BCUT2D eigenvalue weighted by atomic mass is 9.78. The van der Waals surface area contributed by atoms with Crippen LogP contribution in [-0.2, 0) is 51.4 Å². The van der Waals surface area contributed by atoms with Gasteiger partial charge in [-0.2, -0.15) is 0 Å². The minimum atomic E-state index is 0.351. The molecule has 13 aromatic rings. The van der Waals surface area contributed by atoms with Gasteiger partial charge in [-0.25, -0.2) is 4.98 Å². The number of nitrogens with zero attached hydrogens (tertiary/aromatic N) is 1. The van der Waals surface area contributed by atoms with Crippen molar-refractivity contribution >= 4 is 32.4 Å². The van der Waals surface area contributed by atoms with Gasteiger partial charge in [0.25, 0.3) is 0 Å². The van der Waals surface area contributed by atoms with Crippen molar-refractivity contribution in [2.45, 2.75) is 303 Å². The Morgan fingerprint density at radius 1 is 0.280 bits per heavy atom. The van der Waals surface area contributed by atoms with Crippen molar-refractivity contribution in [3.05, 3.63) is 342 Å². The van der Waals surface area contributed by atoms with E-state index in [0.717, 1.165) is 38.0 Å². The molecule has 0 unspecified atom stereocenters. The first-order chi connectivity index (χ1) is 58.5. The van der Waals surface area contributed by atoms with Crippen LogP contribution < -0.4 is 0 Å². The molecule has 0 amide bonds. The van der Waals surface area contributed by atoms with E-state index in [1.165, 1.54) is 182 Å². The van der Waals surface area contributed by atoms with Crippen molar-refractivity contribution in [1.82, 2.24) is 15.0 Å². The van der Waals surface area contributed by atoms with Crippen LogP contribution in [0.2, 0.25) is 0 Å². The third-order valence-corrected chi connectivity index (χ3v) is 21.8. The number of fused-ring (bicyclic) bond motifs is 3. The van der Waals surface area contributed by atoms with Crippen LogP contribution in [0.15, 0.2) is 292 Å². The number of imidazole rings is 1. The van der Waals surface area contributed by atoms with Crippen LogP contribution in [-0.4, -0.2) is 15.0 Å². The SMILES string of the molecule is CC(C)(C)CC1CCCCC1.CC(C)(C)CCc1ccc(-c2ccccc2)cc1.CC(C)(C)CCc1ccccc1.CC(C)(C)Cc1c[nH]c2ccccc12.CC(C)(C)Cc1ccc(-c2ccccc2)cc1.CC(C)(C)Cc1ccc2ccccc2c1.CC(C)(C)Cc1cccc2ccccc12.CC(C)(C)Cc1cnc[nH]1.Cc1ccc(CCC(C)(C)C)cc1. The maximum Gasteiger partial charge on any atom is 0.0921 e. The molecule has 0 spiro atoms. The summed E-state index contributed by atoms with van der Waals surface area (Å²) in [7, 11) is 0. The summed E-state index contributed by atoms with van der Waals surface area (Å²) in [6, 6.07) is 97.5. The summed E-state index contributed by atoms with van der Waals surface area (Å²) in [6.07, 6.45) is 27.5. The largest absolute Gasteiger partial charge is 0.361 e. The van der Waals surface area contributed by atoms with Crippen molar-refractivity contribution < 1.29 is 0 Å². The number of H-pyrrole nitrogens is 2. The van der Waals surface area contributed by atoms with Gasteiger partial charge in [-0.1, -0.05) is 492 Å². The van der Waals surface area contributed by atoms with E-state index < -0.39 is 0 Å². The summed E-state index contributed by atoms with van der Waals surface area (Å²) in [5.74, 6) is 1.05. The molecular weight excluding hydrogens is 1510 g/mol. The first-order valence-corrected chi connectivity index (χ1v) is 47.3. The van der Waals surface area contributed by atoms with E-state index in [4.69, 9.17) is 0 Å². The van der Waals surface area contributed by atoms with Crippen molar-refractivity contribution in [2.75, 3.05) is 0 Å². The Bertz CT molecular complexity index is 5030.